The molecule has 0 bridgehead atoms. The molecule has 0 saturated carbocycles. The van der Waals surface area contributed by atoms with E-state index in [0.717, 1.165) is 9.13 Å². The summed E-state index contributed by atoms with van der Waals surface area (Å²) in [6.45, 7) is 10.6. The smallest absolute Gasteiger partial charge is 0.421 e. The summed E-state index contributed by atoms with van der Waals surface area (Å²) in [5.74, 6) is 0.0353. The lowest BCUT2D eigenvalue weighted by atomic mass is 10.2. The number of carbonyl (C=O) groups excluding carboxylic acids is 2. The van der Waals surface area contributed by atoms with E-state index in [0.29, 0.717) is 5.69 Å². The molecule has 1 aromatic carbocycles. The number of carbonyl (C=O) groups is 2. The van der Waals surface area contributed by atoms with Gasteiger partial charge in [-0.05, 0) is 70.2 Å². The molecule has 1 N–H and O–H groups in total. The topological polar surface area (TPSA) is 82.5 Å². The van der Waals surface area contributed by atoms with Crippen LogP contribution in [0.25, 0.3) is 11.3 Å². The van der Waals surface area contributed by atoms with Crippen LogP contribution >= 0.6 is 22.6 Å². The monoisotopic (exact) mass is 485 g/mol. The molecule has 1 heterocycles. The molecular weight excluding hydrogens is 461 g/mol. The Bertz CT molecular complexity index is 847. The van der Waals surface area contributed by atoms with Crippen molar-refractivity contribution in [2.75, 3.05) is 5.32 Å². The van der Waals surface area contributed by atoms with Crippen LogP contribution in [0.2, 0.25) is 0 Å². The molecule has 146 valence electrons. The van der Waals surface area contributed by atoms with Crippen molar-refractivity contribution in [3.8, 4) is 11.3 Å². The maximum absolute atomic E-state index is 12.6. The Morgan fingerprint density at radius 1 is 1.04 bits per heavy atom. The second-order valence-electron chi connectivity index (χ2n) is 7.91. The zero-order valence-corrected chi connectivity index (χ0v) is 18.4. The summed E-state index contributed by atoms with van der Waals surface area (Å²) in [6, 6.07) is 7.62. The number of nitrogens with zero attached hydrogens (tertiary/aromatic N) is 2. The van der Waals surface area contributed by atoms with E-state index in [1.165, 1.54) is 10.8 Å². The number of ether oxygens (including phenoxy) is 2. The van der Waals surface area contributed by atoms with Gasteiger partial charge in [-0.2, -0.15) is 0 Å². The molecule has 1 amide bonds. The number of imidazole rings is 1. The van der Waals surface area contributed by atoms with Crippen molar-refractivity contribution < 1.29 is 19.1 Å². The van der Waals surface area contributed by atoms with Gasteiger partial charge in [-0.15, -0.1) is 0 Å². The molecule has 7 nitrogen and oxygen atoms in total. The molecule has 0 radical (unpaired) electrons. The second kappa shape index (κ2) is 7.87. The molecule has 0 saturated heterocycles. The van der Waals surface area contributed by atoms with E-state index in [1.807, 2.05) is 24.3 Å². The minimum atomic E-state index is -0.702. The Hall–Kier alpha value is -2.10. The molecule has 0 atom stereocenters. The molecule has 27 heavy (non-hydrogen) atoms. The van der Waals surface area contributed by atoms with Crippen LogP contribution in [0.15, 0.2) is 30.5 Å². The van der Waals surface area contributed by atoms with Crippen LogP contribution in [0.5, 0.6) is 0 Å². The molecule has 2 aromatic rings. The summed E-state index contributed by atoms with van der Waals surface area (Å²) in [6.07, 6.45) is 0.198. The van der Waals surface area contributed by atoms with Crippen LogP contribution in [0.1, 0.15) is 41.5 Å². The summed E-state index contributed by atoms with van der Waals surface area (Å²) in [7, 11) is 0. The predicted octanol–water partition coefficient (Wildman–Crippen LogP) is 5.28. The van der Waals surface area contributed by atoms with Gasteiger partial charge in [0.1, 0.15) is 11.2 Å². The summed E-state index contributed by atoms with van der Waals surface area (Å²) >= 11 is 2.19. The first-order valence-electron chi connectivity index (χ1n) is 8.43. The third-order valence-corrected chi connectivity index (χ3v) is 4.00. The molecule has 0 unspecified atom stereocenters. The van der Waals surface area contributed by atoms with Crippen molar-refractivity contribution in [1.82, 2.24) is 9.55 Å². The number of hydrogen-bond donors (Lipinski definition) is 1. The Morgan fingerprint density at radius 3 is 2.19 bits per heavy atom. The molecule has 0 aliphatic carbocycles. The van der Waals surface area contributed by atoms with Crippen LogP contribution in [-0.4, -0.2) is 32.9 Å². The van der Waals surface area contributed by atoms with Gasteiger partial charge in [0.05, 0.1) is 5.69 Å². The molecule has 8 heteroatoms. The fourth-order valence-corrected chi connectivity index (χ4v) is 2.78. The van der Waals surface area contributed by atoms with Gasteiger partial charge in [0, 0.05) is 15.3 Å². The lowest BCUT2D eigenvalue weighted by Gasteiger charge is -2.21. The third-order valence-electron chi connectivity index (χ3n) is 3.06. The van der Waals surface area contributed by atoms with Crippen molar-refractivity contribution in [2.24, 2.45) is 0 Å². The van der Waals surface area contributed by atoms with Crippen LogP contribution in [0.4, 0.5) is 15.5 Å². The van der Waals surface area contributed by atoms with Gasteiger partial charge in [-0.25, -0.2) is 19.1 Å². The lowest BCUT2D eigenvalue weighted by Crippen LogP contribution is -2.30. The molecular formula is C19H24IN3O4. The first kappa shape index (κ1) is 21.2. The van der Waals surface area contributed by atoms with Gasteiger partial charge in [-0.1, -0.05) is 18.2 Å². The number of halogens is 1. The molecule has 1 aromatic heterocycles. The van der Waals surface area contributed by atoms with Gasteiger partial charge >= 0.3 is 12.2 Å². The van der Waals surface area contributed by atoms with Crippen molar-refractivity contribution in [3.63, 3.8) is 0 Å². The van der Waals surface area contributed by atoms with Gasteiger partial charge in [0.15, 0.2) is 0 Å². The minimum Gasteiger partial charge on any atom is -0.444 e. The lowest BCUT2D eigenvalue weighted by molar-refractivity contribution is 0.0539. The third kappa shape index (κ3) is 6.23. The van der Waals surface area contributed by atoms with Crippen molar-refractivity contribution >= 4 is 40.7 Å². The van der Waals surface area contributed by atoms with E-state index in [4.69, 9.17) is 9.47 Å². The SMILES string of the molecule is CC(C)(C)OC(=O)Nc1nc(-c2ccccc2I)cn1C(=O)OC(C)(C)C. The van der Waals surface area contributed by atoms with E-state index < -0.39 is 23.4 Å². The van der Waals surface area contributed by atoms with E-state index in [9.17, 15) is 9.59 Å². The van der Waals surface area contributed by atoms with E-state index in [-0.39, 0.29) is 5.95 Å². The van der Waals surface area contributed by atoms with Gasteiger partial charge < -0.3 is 9.47 Å². The summed E-state index contributed by atoms with van der Waals surface area (Å²) in [5.41, 5.74) is 0.0151. The van der Waals surface area contributed by atoms with Gasteiger partial charge in [0.2, 0.25) is 5.95 Å². The number of aromatic nitrogens is 2. The summed E-state index contributed by atoms with van der Waals surface area (Å²) < 4.78 is 12.8. The molecule has 0 spiro atoms. The average Bonchev–Trinajstić information content (AvgIpc) is 2.87. The highest BCUT2D eigenvalue weighted by Gasteiger charge is 2.25. The fraction of sp³-hybridized carbons (Fsp3) is 0.421. The minimum absolute atomic E-state index is 0.0353. The second-order valence-corrected chi connectivity index (χ2v) is 9.07. The van der Waals surface area contributed by atoms with Gasteiger partial charge in [-0.3, -0.25) is 5.32 Å². The highest BCUT2D eigenvalue weighted by Crippen LogP contribution is 2.26. The van der Waals surface area contributed by atoms with Crippen molar-refractivity contribution in [3.05, 3.63) is 34.0 Å². The van der Waals surface area contributed by atoms with Crippen LogP contribution in [-0.2, 0) is 9.47 Å². The first-order chi connectivity index (χ1) is 12.4. The number of benzene rings is 1. The fourth-order valence-electron chi connectivity index (χ4n) is 2.11. The standard InChI is InChI=1S/C19H24IN3O4/c1-18(2,3)26-16(24)22-15-21-14(12-9-7-8-10-13(12)20)11-23(15)17(25)27-19(4,5)6/h7-11H,1-6H3,(H,21,22,24). The first-order valence-corrected chi connectivity index (χ1v) is 9.51. The number of anilines is 1. The molecule has 2 rings (SSSR count). The maximum atomic E-state index is 12.6. The van der Waals surface area contributed by atoms with Gasteiger partial charge in [0.25, 0.3) is 0 Å². The normalized spacial score (nSPS) is 11.8. The molecule has 0 aliphatic heterocycles. The Labute approximate surface area is 172 Å². The average molecular weight is 485 g/mol. The maximum Gasteiger partial charge on any atom is 0.421 e. The Morgan fingerprint density at radius 2 is 1.63 bits per heavy atom. The zero-order chi connectivity index (χ0) is 20.4. The van der Waals surface area contributed by atoms with E-state index >= 15 is 0 Å². The van der Waals surface area contributed by atoms with E-state index in [1.54, 1.807) is 41.5 Å². The highest BCUT2D eigenvalue weighted by molar-refractivity contribution is 14.1. The number of amides is 1. The highest BCUT2D eigenvalue weighted by atomic mass is 127. The molecule has 0 aliphatic rings. The predicted molar refractivity (Wildman–Crippen MR) is 112 cm³/mol. The zero-order valence-electron chi connectivity index (χ0n) is 16.3. The number of rotatable bonds is 2. The number of hydrogen-bond acceptors (Lipinski definition) is 5. The quantitative estimate of drug-likeness (QED) is 0.585. The van der Waals surface area contributed by atoms with Crippen molar-refractivity contribution in [2.45, 2.75) is 52.7 Å². The van der Waals surface area contributed by atoms with Crippen LogP contribution in [0.3, 0.4) is 0 Å². The largest absolute Gasteiger partial charge is 0.444 e. The molecule has 0 fully saturated rings. The Kier molecular flexibility index (Phi) is 6.18. The van der Waals surface area contributed by atoms with Crippen molar-refractivity contribution in [1.29, 1.82) is 0 Å². The number of nitrogens with one attached hydrogen (secondary N) is 1. The summed E-state index contributed by atoms with van der Waals surface area (Å²) in [5, 5.41) is 2.53. The van der Waals surface area contributed by atoms with E-state index in [2.05, 4.69) is 32.9 Å². The van der Waals surface area contributed by atoms with Crippen LogP contribution in [0, 0.1) is 3.57 Å². The van der Waals surface area contributed by atoms with Crippen LogP contribution < -0.4 is 5.32 Å². The summed E-state index contributed by atoms with van der Waals surface area (Å²) in [4.78, 5) is 29.2. The Balaban J connectivity index is 2.41.